The number of hydrogen-bond donors (Lipinski definition) is 4. The molecule has 0 atom stereocenters. The maximum absolute atomic E-state index is 5.87. The molecule has 1 aromatic rings. The Bertz CT molecular complexity index is 347. The summed E-state index contributed by atoms with van der Waals surface area (Å²) in [5, 5.41) is 0. The van der Waals surface area contributed by atoms with Crippen molar-refractivity contribution >= 4 is 11.4 Å². The predicted octanol–water partition coefficient (Wildman–Crippen LogP) is 0.222. The monoisotopic (exact) mass is 210 g/mol. The summed E-state index contributed by atoms with van der Waals surface area (Å²) in [6.07, 6.45) is 0.747. The molecule has 84 valence electrons. The van der Waals surface area contributed by atoms with E-state index in [4.69, 9.17) is 23.1 Å². The third-order valence-electron chi connectivity index (χ3n) is 2.71. The van der Waals surface area contributed by atoms with Gasteiger partial charge in [0.05, 0.1) is 11.4 Å². The third-order valence-corrected chi connectivity index (χ3v) is 2.71. The molecule has 15 heavy (non-hydrogen) atoms. The quantitative estimate of drug-likeness (QED) is 0.421. The van der Waals surface area contributed by atoms with Crippen molar-refractivity contribution in [3.8, 4) is 5.75 Å². The Labute approximate surface area is 89.3 Å². The van der Waals surface area contributed by atoms with Crippen LogP contribution in [-0.2, 0) is 6.42 Å². The Hall–Kier alpha value is -1.46. The van der Waals surface area contributed by atoms with Crippen LogP contribution in [0.4, 0.5) is 11.4 Å². The van der Waals surface area contributed by atoms with E-state index in [2.05, 4.69) is 4.84 Å². The van der Waals surface area contributed by atoms with Gasteiger partial charge in [-0.3, -0.25) is 0 Å². The van der Waals surface area contributed by atoms with Crippen LogP contribution in [0.1, 0.15) is 16.7 Å². The second-order valence-electron chi connectivity index (χ2n) is 3.54. The van der Waals surface area contributed by atoms with E-state index in [0.29, 0.717) is 23.7 Å². The minimum atomic E-state index is 0.353. The maximum Gasteiger partial charge on any atom is 0.193 e. The minimum Gasteiger partial charge on any atom is -0.407 e. The summed E-state index contributed by atoms with van der Waals surface area (Å²) in [6.45, 7) is 4.38. The van der Waals surface area contributed by atoms with Gasteiger partial charge in [-0.1, -0.05) is 0 Å². The fourth-order valence-electron chi connectivity index (χ4n) is 1.74. The van der Waals surface area contributed by atoms with Crippen molar-refractivity contribution in [2.45, 2.75) is 20.3 Å². The number of hydrogen-bond acceptors (Lipinski definition) is 5. The molecule has 0 aliphatic carbocycles. The molecule has 0 saturated carbocycles. The van der Waals surface area contributed by atoms with Crippen LogP contribution in [0.25, 0.3) is 0 Å². The molecule has 0 spiro atoms. The molecular weight excluding hydrogens is 192 g/mol. The van der Waals surface area contributed by atoms with Crippen LogP contribution >= 0.6 is 0 Å². The van der Waals surface area contributed by atoms with Gasteiger partial charge >= 0.3 is 0 Å². The van der Waals surface area contributed by atoms with Gasteiger partial charge in [-0.2, -0.15) is 5.90 Å². The van der Waals surface area contributed by atoms with E-state index >= 15 is 0 Å². The lowest BCUT2D eigenvalue weighted by molar-refractivity contribution is 0.338. The Morgan fingerprint density at radius 2 is 1.53 bits per heavy atom. The van der Waals surface area contributed by atoms with Gasteiger partial charge in [-0.25, -0.2) is 0 Å². The summed E-state index contributed by atoms with van der Waals surface area (Å²) in [6, 6.07) is 0. The standard InChI is InChI=1S/C10H18N4O/c1-5-7(3-4-11)6(2)9(13)10(15-14)8(5)12/h3-4,11-14H2,1-2H3. The first-order chi connectivity index (χ1) is 7.04. The van der Waals surface area contributed by atoms with Crippen molar-refractivity contribution in [3.05, 3.63) is 16.7 Å². The first-order valence-electron chi connectivity index (χ1n) is 4.78. The lowest BCUT2D eigenvalue weighted by atomic mass is 9.96. The number of rotatable bonds is 3. The van der Waals surface area contributed by atoms with Gasteiger partial charge in [0.15, 0.2) is 5.75 Å². The average molecular weight is 210 g/mol. The van der Waals surface area contributed by atoms with E-state index in [-0.39, 0.29) is 0 Å². The van der Waals surface area contributed by atoms with Crippen LogP contribution in [0.5, 0.6) is 5.75 Å². The Morgan fingerprint density at radius 1 is 1.07 bits per heavy atom. The van der Waals surface area contributed by atoms with E-state index < -0.39 is 0 Å². The topological polar surface area (TPSA) is 113 Å². The highest BCUT2D eigenvalue weighted by Crippen LogP contribution is 2.37. The Kier molecular flexibility index (Phi) is 3.39. The molecule has 1 aromatic carbocycles. The average Bonchev–Trinajstić information content (AvgIpc) is 2.23. The molecule has 0 bridgehead atoms. The zero-order valence-electron chi connectivity index (χ0n) is 9.13. The molecule has 0 aromatic heterocycles. The van der Waals surface area contributed by atoms with Crippen molar-refractivity contribution in [1.82, 2.24) is 0 Å². The molecule has 1 rings (SSSR count). The first kappa shape index (κ1) is 11.6. The van der Waals surface area contributed by atoms with Crippen LogP contribution in [0.2, 0.25) is 0 Å². The molecule has 0 heterocycles. The first-order valence-corrected chi connectivity index (χ1v) is 4.78. The summed E-state index contributed by atoms with van der Waals surface area (Å²) < 4.78 is 0. The molecular formula is C10H18N4O. The summed E-state index contributed by atoms with van der Waals surface area (Å²) in [4.78, 5) is 4.69. The van der Waals surface area contributed by atoms with Crippen molar-refractivity contribution in [2.75, 3.05) is 18.0 Å². The maximum atomic E-state index is 5.87. The minimum absolute atomic E-state index is 0.353. The molecule has 0 amide bonds. The molecule has 5 heteroatoms. The summed E-state index contributed by atoms with van der Waals surface area (Å²) in [5.41, 5.74) is 21.2. The van der Waals surface area contributed by atoms with E-state index in [1.165, 1.54) is 0 Å². The number of nitrogens with two attached hydrogens (primary N) is 4. The molecule has 5 nitrogen and oxygen atoms in total. The van der Waals surface area contributed by atoms with E-state index in [0.717, 1.165) is 23.1 Å². The van der Waals surface area contributed by atoms with Gasteiger partial charge in [0.25, 0.3) is 0 Å². The highest BCUT2D eigenvalue weighted by Gasteiger charge is 2.16. The highest BCUT2D eigenvalue weighted by atomic mass is 16.6. The zero-order valence-corrected chi connectivity index (χ0v) is 9.13. The summed E-state index contributed by atoms with van der Waals surface area (Å²) >= 11 is 0. The van der Waals surface area contributed by atoms with Gasteiger partial charge in [0.2, 0.25) is 0 Å². The van der Waals surface area contributed by atoms with Crippen LogP contribution in [-0.4, -0.2) is 6.54 Å². The number of benzene rings is 1. The van der Waals surface area contributed by atoms with Crippen LogP contribution in [0.3, 0.4) is 0 Å². The fraction of sp³-hybridized carbons (Fsp3) is 0.400. The number of nitrogen functional groups attached to an aromatic ring is 2. The molecule has 8 N–H and O–H groups in total. The van der Waals surface area contributed by atoms with Gasteiger partial charge in [0, 0.05) is 0 Å². The molecule has 0 aliphatic rings. The molecule has 0 saturated heterocycles. The van der Waals surface area contributed by atoms with Crippen LogP contribution in [0.15, 0.2) is 0 Å². The largest absolute Gasteiger partial charge is 0.407 e. The number of anilines is 2. The highest BCUT2D eigenvalue weighted by molar-refractivity contribution is 5.76. The van der Waals surface area contributed by atoms with E-state index in [9.17, 15) is 0 Å². The lowest BCUT2D eigenvalue weighted by Crippen LogP contribution is -2.13. The van der Waals surface area contributed by atoms with Crippen molar-refractivity contribution in [2.24, 2.45) is 11.6 Å². The van der Waals surface area contributed by atoms with Gasteiger partial charge in [-0.15, -0.1) is 0 Å². The third kappa shape index (κ3) is 1.84. The normalized spacial score (nSPS) is 10.4. The summed E-state index contributed by atoms with van der Waals surface area (Å²) in [7, 11) is 0. The molecule has 0 radical (unpaired) electrons. The molecule has 0 fully saturated rings. The van der Waals surface area contributed by atoms with Gasteiger partial charge in [-0.05, 0) is 43.5 Å². The Morgan fingerprint density at radius 3 is 1.87 bits per heavy atom. The lowest BCUT2D eigenvalue weighted by Gasteiger charge is -2.17. The van der Waals surface area contributed by atoms with Crippen molar-refractivity contribution in [3.63, 3.8) is 0 Å². The van der Waals surface area contributed by atoms with E-state index in [1.807, 2.05) is 13.8 Å². The van der Waals surface area contributed by atoms with Crippen LogP contribution < -0.4 is 27.9 Å². The molecule has 0 unspecified atom stereocenters. The van der Waals surface area contributed by atoms with E-state index in [1.54, 1.807) is 0 Å². The second-order valence-corrected chi connectivity index (χ2v) is 3.54. The zero-order chi connectivity index (χ0) is 11.6. The summed E-state index contributed by atoms with van der Waals surface area (Å²) in [5.74, 6) is 5.48. The SMILES string of the molecule is Cc1c(N)c(ON)c(N)c(C)c1CCN. The fourth-order valence-corrected chi connectivity index (χ4v) is 1.74. The van der Waals surface area contributed by atoms with Crippen molar-refractivity contribution < 1.29 is 4.84 Å². The van der Waals surface area contributed by atoms with Crippen LogP contribution in [0, 0.1) is 13.8 Å². The second kappa shape index (κ2) is 4.37. The van der Waals surface area contributed by atoms with Crippen molar-refractivity contribution in [1.29, 1.82) is 0 Å². The smallest absolute Gasteiger partial charge is 0.193 e. The van der Waals surface area contributed by atoms with Gasteiger partial charge < -0.3 is 22.0 Å². The predicted molar refractivity (Wildman–Crippen MR) is 62.3 cm³/mol. The van der Waals surface area contributed by atoms with Gasteiger partial charge in [0.1, 0.15) is 0 Å². The molecule has 0 aliphatic heterocycles. The Balaban J connectivity index is 3.44.